The predicted molar refractivity (Wildman–Crippen MR) is 143 cm³/mol. The van der Waals surface area contributed by atoms with Crippen LogP contribution in [0.5, 0.6) is 0 Å². The largest absolute Gasteiger partial charge is 0.468 e. The second-order valence-electron chi connectivity index (χ2n) is 11.4. The molecule has 5 heteroatoms. The SMILES string of the molecule is C=C[C@]1(C(=O)OC)CC[C@@H](C(=C)C)[C@H](c2ccc(COCCCO[Si](C)(C)C(C)(C)C)cc2)C1. The number of methoxy groups -OCH3 is 1. The summed E-state index contributed by atoms with van der Waals surface area (Å²) in [7, 11) is -0.226. The van der Waals surface area contributed by atoms with E-state index in [4.69, 9.17) is 13.9 Å². The first kappa shape index (κ1) is 28.5. The third-order valence-corrected chi connectivity index (χ3v) is 12.5. The van der Waals surface area contributed by atoms with Crippen LogP contribution in [0.2, 0.25) is 18.1 Å². The summed E-state index contributed by atoms with van der Waals surface area (Å²) in [4.78, 5) is 12.6. The van der Waals surface area contributed by atoms with E-state index in [0.29, 0.717) is 25.6 Å². The summed E-state index contributed by atoms with van der Waals surface area (Å²) in [6.07, 6.45) is 5.05. The Morgan fingerprint density at radius 1 is 1.21 bits per heavy atom. The molecule has 0 unspecified atom stereocenters. The highest BCUT2D eigenvalue weighted by Gasteiger charge is 2.45. The second-order valence-corrected chi connectivity index (χ2v) is 16.2. The molecule has 190 valence electrons. The van der Waals surface area contributed by atoms with E-state index in [0.717, 1.165) is 31.4 Å². The molecule has 1 saturated carbocycles. The highest BCUT2D eigenvalue weighted by atomic mass is 28.4. The lowest BCUT2D eigenvalue weighted by molar-refractivity contribution is -0.152. The van der Waals surface area contributed by atoms with Gasteiger partial charge in [0.2, 0.25) is 0 Å². The maximum Gasteiger partial charge on any atom is 0.315 e. The normalized spacial score (nSPS) is 23.4. The zero-order chi connectivity index (χ0) is 25.6. The molecule has 1 aliphatic carbocycles. The molecular weight excluding hydrogens is 440 g/mol. The van der Waals surface area contributed by atoms with Crippen LogP contribution in [0, 0.1) is 11.3 Å². The summed E-state index contributed by atoms with van der Waals surface area (Å²) in [6, 6.07) is 8.63. The zero-order valence-corrected chi connectivity index (χ0v) is 23.5. The number of hydrogen-bond acceptors (Lipinski definition) is 4. The molecule has 0 radical (unpaired) electrons. The molecule has 4 nitrogen and oxygen atoms in total. The van der Waals surface area contributed by atoms with Gasteiger partial charge in [0.25, 0.3) is 0 Å². The van der Waals surface area contributed by atoms with E-state index < -0.39 is 13.7 Å². The smallest absolute Gasteiger partial charge is 0.315 e. The minimum atomic E-state index is -1.69. The minimum Gasteiger partial charge on any atom is -0.468 e. The quantitative estimate of drug-likeness (QED) is 0.141. The summed E-state index contributed by atoms with van der Waals surface area (Å²) >= 11 is 0. The lowest BCUT2D eigenvalue weighted by Gasteiger charge is -2.42. The van der Waals surface area contributed by atoms with Gasteiger partial charge < -0.3 is 13.9 Å². The Bertz CT molecular complexity index is 837. The number of allylic oxidation sites excluding steroid dienone is 1. The Balaban J connectivity index is 1.94. The molecule has 0 heterocycles. The van der Waals surface area contributed by atoms with Gasteiger partial charge in [0.15, 0.2) is 8.32 Å². The molecule has 1 aromatic carbocycles. The number of hydrogen-bond donors (Lipinski definition) is 0. The van der Waals surface area contributed by atoms with Crippen molar-refractivity contribution in [3.8, 4) is 0 Å². The fraction of sp³-hybridized carbons (Fsp3) is 0.621. The number of ether oxygens (including phenoxy) is 2. The summed E-state index contributed by atoms with van der Waals surface area (Å²) in [5.41, 5.74) is 2.92. The number of rotatable bonds is 11. The van der Waals surface area contributed by atoms with E-state index in [1.165, 1.54) is 18.2 Å². The van der Waals surface area contributed by atoms with Crippen LogP contribution in [-0.2, 0) is 25.3 Å². The third-order valence-electron chi connectivity index (χ3n) is 7.97. The molecular formula is C29H46O4Si. The number of benzene rings is 1. The van der Waals surface area contributed by atoms with Gasteiger partial charge in [-0.3, -0.25) is 4.79 Å². The van der Waals surface area contributed by atoms with Gasteiger partial charge >= 0.3 is 5.97 Å². The Labute approximate surface area is 208 Å². The van der Waals surface area contributed by atoms with E-state index in [-0.39, 0.29) is 16.9 Å². The molecule has 0 spiro atoms. The van der Waals surface area contributed by atoms with E-state index in [1.54, 1.807) is 6.08 Å². The van der Waals surface area contributed by atoms with Crippen molar-refractivity contribution in [3.63, 3.8) is 0 Å². The van der Waals surface area contributed by atoms with Crippen LogP contribution in [0.1, 0.15) is 70.4 Å². The topological polar surface area (TPSA) is 44.8 Å². The zero-order valence-electron chi connectivity index (χ0n) is 22.5. The first-order valence-corrected chi connectivity index (χ1v) is 15.5. The molecule has 34 heavy (non-hydrogen) atoms. The van der Waals surface area contributed by atoms with Crippen LogP contribution in [0.4, 0.5) is 0 Å². The van der Waals surface area contributed by atoms with Crippen molar-refractivity contribution in [2.45, 2.75) is 84.0 Å². The van der Waals surface area contributed by atoms with Crippen LogP contribution in [0.25, 0.3) is 0 Å². The lowest BCUT2D eigenvalue weighted by Crippen LogP contribution is -2.41. The van der Waals surface area contributed by atoms with Gasteiger partial charge in [-0.05, 0) is 73.7 Å². The predicted octanol–water partition coefficient (Wildman–Crippen LogP) is 7.42. The Morgan fingerprint density at radius 3 is 2.38 bits per heavy atom. The van der Waals surface area contributed by atoms with Gasteiger partial charge in [0.1, 0.15) is 0 Å². The summed E-state index contributed by atoms with van der Waals surface area (Å²) in [5, 5.41) is 0.235. The summed E-state index contributed by atoms with van der Waals surface area (Å²) in [5.74, 6) is 0.377. The molecule has 1 fully saturated rings. The molecule has 1 aliphatic rings. The Kier molecular flexibility index (Phi) is 9.93. The molecule has 0 bridgehead atoms. The minimum absolute atomic E-state index is 0.185. The summed E-state index contributed by atoms with van der Waals surface area (Å²) in [6.45, 7) is 23.7. The van der Waals surface area contributed by atoms with Crippen LogP contribution in [-0.4, -0.2) is 34.6 Å². The fourth-order valence-corrected chi connectivity index (χ4v) is 5.69. The van der Waals surface area contributed by atoms with Crippen molar-refractivity contribution in [1.29, 1.82) is 0 Å². The standard InChI is InChI=1S/C29H46O4Si/c1-10-29(27(30)31-7)17-16-25(22(2)3)26(20-29)24-14-12-23(13-15-24)21-32-18-11-19-33-34(8,9)28(4,5)6/h10,12-15,25-26H,1-2,11,16-21H2,3-9H3/t25-,26-,29-/m0/s1. The molecule has 0 aliphatic heterocycles. The Hall–Kier alpha value is -1.69. The van der Waals surface area contributed by atoms with E-state index in [2.05, 4.69) is 78.2 Å². The Morgan fingerprint density at radius 2 is 1.85 bits per heavy atom. The highest BCUT2D eigenvalue weighted by molar-refractivity contribution is 6.74. The van der Waals surface area contributed by atoms with Crippen LogP contribution in [0.3, 0.4) is 0 Å². The van der Waals surface area contributed by atoms with Gasteiger partial charge in [-0.2, -0.15) is 0 Å². The molecule has 2 rings (SSSR count). The van der Waals surface area contributed by atoms with Gasteiger partial charge in [-0.1, -0.05) is 63.3 Å². The van der Waals surface area contributed by atoms with Gasteiger partial charge in [-0.15, -0.1) is 6.58 Å². The molecule has 0 amide bonds. The number of carbonyl (C=O) groups is 1. The van der Waals surface area contributed by atoms with E-state index >= 15 is 0 Å². The number of esters is 1. The average molecular weight is 487 g/mol. The average Bonchev–Trinajstić information content (AvgIpc) is 2.79. The van der Waals surface area contributed by atoms with Crippen molar-refractivity contribution in [1.82, 2.24) is 0 Å². The summed E-state index contributed by atoms with van der Waals surface area (Å²) < 4.78 is 17.3. The second kappa shape index (κ2) is 11.8. The molecule has 0 aromatic heterocycles. The maximum absolute atomic E-state index is 12.6. The first-order chi connectivity index (χ1) is 15.9. The maximum atomic E-state index is 12.6. The van der Waals surface area contributed by atoms with Crippen molar-refractivity contribution >= 4 is 14.3 Å². The monoisotopic (exact) mass is 486 g/mol. The fourth-order valence-electron chi connectivity index (χ4n) is 4.60. The van der Waals surface area contributed by atoms with Crippen LogP contribution >= 0.6 is 0 Å². The molecule has 0 saturated heterocycles. The van der Waals surface area contributed by atoms with Crippen molar-refractivity contribution in [2.75, 3.05) is 20.3 Å². The molecule has 0 N–H and O–H groups in total. The third kappa shape index (κ3) is 6.93. The van der Waals surface area contributed by atoms with E-state index in [1.807, 2.05) is 0 Å². The van der Waals surface area contributed by atoms with E-state index in [9.17, 15) is 4.79 Å². The van der Waals surface area contributed by atoms with Crippen molar-refractivity contribution < 1.29 is 18.7 Å². The molecule has 3 atom stereocenters. The van der Waals surface area contributed by atoms with Crippen molar-refractivity contribution in [3.05, 3.63) is 60.2 Å². The van der Waals surface area contributed by atoms with Gasteiger partial charge in [-0.25, -0.2) is 0 Å². The van der Waals surface area contributed by atoms with Crippen LogP contribution < -0.4 is 0 Å². The molecule has 1 aromatic rings. The lowest BCUT2D eigenvalue weighted by atomic mass is 9.62. The first-order valence-electron chi connectivity index (χ1n) is 12.5. The van der Waals surface area contributed by atoms with Crippen molar-refractivity contribution in [2.24, 2.45) is 11.3 Å². The van der Waals surface area contributed by atoms with Crippen LogP contribution in [0.15, 0.2) is 49.1 Å². The highest BCUT2D eigenvalue weighted by Crippen LogP contribution is 2.50. The number of carbonyl (C=O) groups excluding carboxylic acids is 1. The van der Waals surface area contributed by atoms with Gasteiger partial charge in [0.05, 0.1) is 19.1 Å². The van der Waals surface area contributed by atoms with Gasteiger partial charge in [0, 0.05) is 13.2 Å².